The molecule has 0 aliphatic rings. The van der Waals surface area contributed by atoms with Crippen LogP contribution in [0.1, 0.15) is 33.1 Å². The largest absolute Gasteiger partial charge is 0.466 e. The molecule has 0 aliphatic carbocycles. The minimum atomic E-state index is -0.323. The van der Waals surface area contributed by atoms with E-state index in [1.54, 1.807) is 6.92 Å². The summed E-state index contributed by atoms with van der Waals surface area (Å²) in [7, 11) is 0. The van der Waals surface area contributed by atoms with Crippen LogP contribution in [0.4, 0.5) is 0 Å². The normalized spacial score (nSPS) is 9.86. The van der Waals surface area contributed by atoms with Crippen LogP contribution in [-0.2, 0) is 19.1 Å². The van der Waals surface area contributed by atoms with Crippen LogP contribution in [0.2, 0.25) is 0 Å². The molecule has 0 saturated carbocycles. The predicted molar refractivity (Wildman–Crippen MR) is 52.0 cm³/mol. The molecule has 0 radical (unpaired) electrons. The van der Waals surface area contributed by atoms with Crippen molar-refractivity contribution in [3.63, 3.8) is 0 Å². The summed E-state index contributed by atoms with van der Waals surface area (Å²) < 4.78 is 9.72. The Morgan fingerprint density at radius 2 is 1.86 bits per heavy atom. The van der Waals surface area contributed by atoms with Crippen molar-refractivity contribution in [3.05, 3.63) is 0 Å². The number of Topliss-reactive ketones (excluding diaryl/α,β-unsaturated/α-hetero) is 1. The van der Waals surface area contributed by atoms with E-state index >= 15 is 0 Å². The van der Waals surface area contributed by atoms with Gasteiger partial charge in [-0.1, -0.05) is 6.92 Å². The molecule has 82 valence electrons. The molecule has 0 aliphatic heterocycles. The van der Waals surface area contributed by atoms with Crippen molar-refractivity contribution in [2.75, 3.05) is 19.8 Å². The topological polar surface area (TPSA) is 52.6 Å². The third-order valence-corrected chi connectivity index (χ3v) is 1.52. The van der Waals surface area contributed by atoms with Gasteiger partial charge in [-0.25, -0.2) is 0 Å². The molecule has 0 aromatic rings. The monoisotopic (exact) mass is 202 g/mol. The molecule has 0 atom stereocenters. The van der Waals surface area contributed by atoms with Gasteiger partial charge in [-0.15, -0.1) is 0 Å². The maximum absolute atomic E-state index is 11.1. The Labute approximate surface area is 84.6 Å². The Bertz CT molecular complexity index is 177. The Hall–Kier alpha value is -0.900. The second-order valence-electron chi connectivity index (χ2n) is 2.90. The first-order valence-electron chi connectivity index (χ1n) is 4.95. The van der Waals surface area contributed by atoms with Crippen LogP contribution in [0.15, 0.2) is 0 Å². The Morgan fingerprint density at radius 1 is 1.14 bits per heavy atom. The van der Waals surface area contributed by atoms with Crippen molar-refractivity contribution < 1.29 is 19.1 Å². The summed E-state index contributed by atoms with van der Waals surface area (Å²) in [5.74, 6) is -0.372. The zero-order valence-corrected chi connectivity index (χ0v) is 8.88. The van der Waals surface area contributed by atoms with Crippen molar-refractivity contribution in [1.29, 1.82) is 0 Å². The van der Waals surface area contributed by atoms with Gasteiger partial charge in [0, 0.05) is 13.0 Å². The van der Waals surface area contributed by atoms with Crippen LogP contribution >= 0.6 is 0 Å². The molecule has 0 aromatic carbocycles. The third kappa shape index (κ3) is 7.73. The summed E-state index contributed by atoms with van der Waals surface area (Å²) in [5.41, 5.74) is 0. The Balaban J connectivity index is 3.39. The fourth-order valence-electron chi connectivity index (χ4n) is 0.877. The number of ether oxygens (including phenoxy) is 2. The molecule has 0 saturated heterocycles. The molecule has 0 N–H and O–H groups in total. The molecular formula is C10H18O4. The highest BCUT2D eigenvalue weighted by Crippen LogP contribution is 1.95. The highest BCUT2D eigenvalue weighted by atomic mass is 16.5. The minimum absolute atomic E-state index is 0.0495. The number of rotatable bonds is 8. The van der Waals surface area contributed by atoms with Crippen LogP contribution in [0, 0.1) is 0 Å². The van der Waals surface area contributed by atoms with Gasteiger partial charge in [-0.2, -0.15) is 0 Å². The fourth-order valence-corrected chi connectivity index (χ4v) is 0.877. The average Bonchev–Trinajstić information content (AvgIpc) is 2.16. The summed E-state index contributed by atoms with van der Waals surface area (Å²) in [5, 5.41) is 0. The van der Waals surface area contributed by atoms with E-state index in [0.717, 1.165) is 6.42 Å². The van der Waals surface area contributed by atoms with Crippen molar-refractivity contribution in [3.8, 4) is 0 Å². The number of carbonyl (C=O) groups is 2. The van der Waals surface area contributed by atoms with Crippen LogP contribution in [0.3, 0.4) is 0 Å². The van der Waals surface area contributed by atoms with Gasteiger partial charge < -0.3 is 9.47 Å². The number of esters is 1. The van der Waals surface area contributed by atoms with Crippen molar-refractivity contribution >= 4 is 11.8 Å². The van der Waals surface area contributed by atoms with E-state index in [-0.39, 0.29) is 31.2 Å². The molecule has 0 aromatic heterocycles. The van der Waals surface area contributed by atoms with Gasteiger partial charge in [-0.05, 0) is 13.3 Å². The van der Waals surface area contributed by atoms with Crippen molar-refractivity contribution in [1.82, 2.24) is 0 Å². The van der Waals surface area contributed by atoms with Crippen LogP contribution in [0.5, 0.6) is 0 Å². The molecule has 0 heterocycles. The van der Waals surface area contributed by atoms with Gasteiger partial charge in [0.25, 0.3) is 0 Å². The predicted octanol–water partition coefficient (Wildman–Crippen LogP) is 1.33. The number of ketones is 1. The lowest BCUT2D eigenvalue weighted by Crippen LogP contribution is -2.12. The first-order chi connectivity index (χ1) is 6.70. The lowest BCUT2D eigenvalue weighted by Gasteiger charge is -2.02. The molecule has 0 fully saturated rings. The van der Waals surface area contributed by atoms with E-state index < -0.39 is 0 Å². The van der Waals surface area contributed by atoms with Crippen molar-refractivity contribution in [2.45, 2.75) is 33.1 Å². The van der Waals surface area contributed by atoms with E-state index in [9.17, 15) is 9.59 Å². The molecule has 4 heteroatoms. The van der Waals surface area contributed by atoms with Gasteiger partial charge in [0.05, 0.1) is 13.0 Å². The number of hydrogen-bond donors (Lipinski definition) is 0. The highest BCUT2D eigenvalue weighted by Gasteiger charge is 2.07. The van der Waals surface area contributed by atoms with E-state index in [2.05, 4.69) is 4.74 Å². The van der Waals surface area contributed by atoms with Gasteiger partial charge in [0.15, 0.2) is 5.78 Å². The zero-order valence-electron chi connectivity index (χ0n) is 8.88. The second kappa shape index (κ2) is 8.69. The number of carbonyl (C=O) groups excluding carboxylic acids is 2. The van der Waals surface area contributed by atoms with Crippen LogP contribution in [0.25, 0.3) is 0 Å². The van der Waals surface area contributed by atoms with E-state index in [4.69, 9.17) is 4.74 Å². The van der Waals surface area contributed by atoms with Crippen molar-refractivity contribution in [2.24, 2.45) is 0 Å². The van der Waals surface area contributed by atoms with E-state index in [1.165, 1.54) is 0 Å². The molecule has 0 spiro atoms. The summed E-state index contributed by atoms with van der Waals surface area (Å²) in [4.78, 5) is 22.0. The second-order valence-corrected chi connectivity index (χ2v) is 2.90. The maximum Gasteiger partial charge on any atom is 0.306 e. The van der Waals surface area contributed by atoms with E-state index in [1.807, 2.05) is 6.92 Å². The molecule has 4 nitrogen and oxygen atoms in total. The van der Waals surface area contributed by atoms with E-state index in [0.29, 0.717) is 13.2 Å². The summed E-state index contributed by atoms with van der Waals surface area (Å²) in [6.07, 6.45) is 1.26. The molecule has 0 unspecified atom stereocenters. The zero-order chi connectivity index (χ0) is 10.8. The molecule has 0 rings (SSSR count). The lowest BCUT2D eigenvalue weighted by molar-refractivity contribution is -0.144. The van der Waals surface area contributed by atoms with Gasteiger partial charge in [-0.3, -0.25) is 9.59 Å². The minimum Gasteiger partial charge on any atom is -0.466 e. The molecule has 0 amide bonds. The molecule has 0 bridgehead atoms. The average molecular weight is 202 g/mol. The highest BCUT2D eigenvalue weighted by molar-refractivity contribution is 5.83. The summed E-state index contributed by atoms with van der Waals surface area (Å²) in [6.45, 7) is 4.77. The Morgan fingerprint density at radius 3 is 2.43 bits per heavy atom. The Kier molecular flexibility index (Phi) is 8.13. The SMILES string of the molecule is CCCOCC(=O)CCC(=O)OCC. The van der Waals surface area contributed by atoms with Crippen LogP contribution < -0.4 is 0 Å². The van der Waals surface area contributed by atoms with Gasteiger partial charge in [0.2, 0.25) is 0 Å². The molecular weight excluding hydrogens is 184 g/mol. The smallest absolute Gasteiger partial charge is 0.306 e. The fraction of sp³-hybridized carbons (Fsp3) is 0.800. The number of hydrogen-bond acceptors (Lipinski definition) is 4. The summed E-state index contributed by atoms with van der Waals surface area (Å²) >= 11 is 0. The van der Waals surface area contributed by atoms with Gasteiger partial charge in [0.1, 0.15) is 6.61 Å². The molecule has 14 heavy (non-hydrogen) atoms. The standard InChI is InChI=1S/C10H18O4/c1-3-7-13-8-9(11)5-6-10(12)14-4-2/h3-8H2,1-2H3. The van der Waals surface area contributed by atoms with Gasteiger partial charge >= 0.3 is 5.97 Å². The first kappa shape index (κ1) is 13.1. The van der Waals surface area contributed by atoms with Crippen LogP contribution in [-0.4, -0.2) is 31.6 Å². The maximum atomic E-state index is 11.1. The third-order valence-electron chi connectivity index (χ3n) is 1.52. The summed E-state index contributed by atoms with van der Waals surface area (Å²) in [6, 6.07) is 0. The first-order valence-corrected chi connectivity index (χ1v) is 4.95. The quantitative estimate of drug-likeness (QED) is 0.440. The lowest BCUT2D eigenvalue weighted by atomic mass is 10.2.